The fourth-order valence-corrected chi connectivity index (χ4v) is 4.41. The lowest BCUT2D eigenvalue weighted by Crippen LogP contribution is -2.46. The molecule has 0 bridgehead atoms. The Labute approximate surface area is 194 Å². The number of likely N-dealkylation sites (N-methyl/N-ethyl adjacent to an activating group) is 1. The molecule has 0 radical (unpaired) electrons. The number of rotatable bonds is 8. The van der Waals surface area contributed by atoms with E-state index in [9.17, 15) is 14.4 Å². The highest BCUT2D eigenvalue weighted by atomic mass is 16.2. The summed E-state index contributed by atoms with van der Waals surface area (Å²) in [4.78, 5) is 41.8. The minimum Gasteiger partial charge on any atom is -0.357 e. The minimum atomic E-state index is -0.588. The number of anilines is 1. The fraction of sp³-hybridized carbons (Fsp3) is 0.296. The average molecular weight is 444 g/mol. The van der Waals surface area contributed by atoms with Crippen molar-refractivity contribution in [2.45, 2.75) is 39.3 Å². The lowest BCUT2D eigenvalue weighted by atomic mass is 10.1. The molecule has 0 spiro atoms. The lowest BCUT2D eigenvalue weighted by molar-refractivity contribution is -0.140. The van der Waals surface area contributed by atoms with Crippen LogP contribution in [0.3, 0.4) is 0 Å². The second kappa shape index (κ2) is 9.45. The van der Waals surface area contributed by atoms with Crippen LogP contribution in [0.2, 0.25) is 0 Å². The Bertz CT molecular complexity index is 1200. The molecule has 170 valence electrons. The quantitative estimate of drug-likeness (QED) is 0.571. The standard InChI is InChI=1S/C27H29N3O3/c1-18-12-14-20(15-13-18)17-30(19(2)26(32)28-3)24(31)11-6-16-29-23-10-5-8-21-7-4-9-22(25(21)23)27(29)33/h4-5,7-10,12-15,19H,6,11,16-17H2,1-3H3,(H,28,32)/t19-/m0/s1. The van der Waals surface area contributed by atoms with Crippen LogP contribution in [0.15, 0.2) is 60.7 Å². The smallest absolute Gasteiger partial charge is 0.258 e. The third kappa shape index (κ3) is 4.46. The van der Waals surface area contributed by atoms with Gasteiger partial charge in [-0.05, 0) is 43.4 Å². The zero-order valence-corrected chi connectivity index (χ0v) is 19.3. The summed E-state index contributed by atoms with van der Waals surface area (Å²) in [5.74, 6) is -0.328. The van der Waals surface area contributed by atoms with Crippen molar-refractivity contribution in [3.8, 4) is 0 Å². The van der Waals surface area contributed by atoms with Crippen LogP contribution in [0.4, 0.5) is 5.69 Å². The Morgan fingerprint density at radius 3 is 2.42 bits per heavy atom. The maximum atomic E-state index is 13.2. The second-order valence-electron chi connectivity index (χ2n) is 8.54. The Morgan fingerprint density at radius 2 is 1.73 bits per heavy atom. The second-order valence-corrected chi connectivity index (χ2v) is 8.54. The maximum absolute atomic E-state index is 13.2. The Morgan fingerprint density at radius 1 is 1.03 bits per heavy atom. The van der Waals surface area contributed by atoms with E-state index in [1.54, 1.807) is 23.8 Å². The van der Waals surface area contributed by atoms with E-state index in [4.69, 9.17) is 0 Å². The molecule has 1 atom stereocenters. The summed E-state index contributed by atoms with van der Waals surface area (Å²) >= 11 is 0. The van der Waals surface area contributed by atoms with Crippen molar-refractivity contribution in [2.75, 3.05) is 18.5 Å². The molecular weight excluding hydrogens is 414 g/mol. The summed E-state index contributed by atoms with van der Waals surface area (Å²) < 4.78 is 0. The van der Waals surface area contributed by atoms with Crippen LogP contribution < -0.4 is 10.2 Å². The molecule has 1 aliphatic heterocycles. The number of hydrogen-bond donors (Lipinski definition) is 1. The Balaban J connectivity index is 1.45. The van der Waals surface area contributed by atoms with Crippen molar-refractivity contribution in [1.29, 1.82) is 0 Å². The highest BCUT2D eigenvalue weighted by molar-refractivity contribution is 6.25. The molecule has 3 amide bonds. The zero-order valence-electron chi connectivity index (χ0n) is 19.3. The fourth-order valence-electron chi connectivity index (χ4n) is 4.41. The molecule has 1 N–H and O–H groups in total. The molecule has 0 fully saturated rings. The van der Waals surface area contributed by atoms with Gasteiger partial charge in [0.15, 0.2) is 0 Å². The number of amides is 3. The molecule has 4 rings (SSSR count). The first kappa shape index (κ1) is 22.5. The van der Waals surface area contributed by atoms with Gasteiger partial charge in [0, 0.05) is 37.5 Å². The monoisotopic (exact) mass is 443 g/mol. The molecule has 0 aromatic heterocycles. The van der Waals surface area contributed by atoms with Gasteiger partial charge in [-0.2, -0.15) is 0 Å². The minimum absolute atomic E-state index is 0.0236. The van der Waals surface area contributed by atoms with Crippen LogP contribution in [0.5, 0.6) is 0 Å². The number of nitrogens with one attached hydrogen (secondary N) is 1. The summed E-state index contributed by atoms with van der Waals surface area (Å²) in [6.45, 7) is 4.57. The van der Waals surface area contributed by atoms with E-state index < -0.39 is 6.04 Å². The predicted octanol–water partition coefficient (Wildman–Crippen LogP) is 4.05. The third-order valence-corrected chi connectivity index (χ3v) is 6.31. The zero-order chi connectivity index (χ0) is 23.5. The van der Waals surface area contributed by atoms with Crippen LogP contribution in [-0.2, 0) is 16.1 Å². The van der Waals surface area contributed by atoms with E-state index in [-0.39, 0.29) is 24.1 Å². The Hall–Kier alpha value is -3.67. The first-order valence-electron chi connectivity index (χ1n) is 11.3. The van der Waals surface area contributed by atoms with E-state index in [0.717, 1.165) is 27.6 Å². The van der Waals surface area contributed by atoms with E-state index in [2.05, 4.69) is 5.32 Å². The summed E-state index contributed by atoms with van der Waals surface area (Å²) in [5.41, 5.74) is 3.73. The van der Waals surface area contributed by atoms with Crippen LogP contribution >= 0.6 is 0 Å². The molecule has 1 aliphatic rings. The summed E-state index contributed by atoms with van der Waals surface area (Å²) in [5, 5.41) is 4.66. The Kier molecular flexibility index (Phi) is 6.45. The van der Waals surface area contributed by atoms with Gasteiger partial charge in [0.25, 0.3) is 5.91 Å². The van der Waals surface area contributed by atoms with Crippen molar-refractivity contribution >= 4 is 34.2 Å². The lowest BCUT2D eigenvalue weighted by Gasteiger charge is -2.29. The predicted molar refractivity (Wildman–Crippen MR) is 130 cm³/mol. The number of hydrogen-bond acceptors (Lipinski definition) is 3. The molecule has 3 aromatic carbocycles. The summed E-state index contributed by atoms with van der Waals surface area (Å²) in [6.07, 6.45) is 0.767. The maximum Gasteiger partial charge on any atom is 0.258 e. The number of nitrogens with zero attached hydrogens (tertiary/aromatic N) is 2. The van der Waals surface area contributed by atoms with Crippen molar-refractivity contribution in [1.82, 2.24) is 10.2 Å². The number of benzene rings is 3. The topological polar surface area (TPSA) is 69.7 Å². The summed E-state index contributed by atoms with van der Waals surface area (Å²) in [6, 6.07) is 19.0. The molecule has 6 nitrogen and oxygen atoms in total. The first-order chi connectivity index (χ1) is 15.9. The SMILES string of the molecule is CNC(=O)[C@H](C)N(Cc1ccc(C)cc1)C(=O)CCCN1C(=O)c2cccc3cccc1c23. The molecule has 33 heavy (non-hydrogen) atoms. The van der Waals surface area contributed by atoms with E-state index in [1.807, 2.05) is 67.6 Å². The first-order valence-corrected chi connectivity index (χ1v) is 11.3. The van der Waals surface area contributed by atoms with Gasteiger partial charge in [-0.3, -0.25) is 14.4 Å². The van der Waals surface area contributed by atoms with Gasteiger partial charge in [-0.15, -0.1) is 0 Å². The van der Waals surface area contributed by atoms with Crippen LogP contribution in [-0.4, -0.2) is 42.3 Å². The highest BCUT2D eigenvalue weighted by Gasteiger charge is 2.30. The van der Waals surface area contributed by atoms with Crippen LogP contribution in [0.25, 0.3) is 10.8 Å². The molecule has 1 heterocycles. The van der Waals surface area contributed by atoms with E-state index in [0.29, 0.717) is 25.1 Å². The van der Waals surface area contributed by atoms with E-state index >= 15 is 0 Å². The highest BCUT2D eigenvalue weighted by Crippen LogP contribution is 2.37. The van der Waals surface area contributed by atoms with Crippen LogP contribution in [0, 0.1) is 6.92 Å². The molecule has 0 saturated carbocycles. The molecule has 0 saturated heterocycles. The third-order valence-electron chi connectivity index (χ3n) is 6.31. The molecule has 3 aromatic rings. The van der Waals surface area contributed by atoms with Gasteiger partial charge in [0.2, 0.25) is 11.8 Å². The van der Waals surface area contributed by atoms with Crippen molar-refractivity contribution in [2.24, 2.45) is 0 Å². The molecule has 6 heteroatoms. The molecular formula is C27H29N3O3. The van der Waals surface area contributed by atoms with Crippen molar-refractivity contribution in [3.63, 3.8) is 0 Å². The molecule has 0 aliphatic carbocycles. The van der Waals surface area contributed by atoms with Gasteiger partial charge < -0.3 is 15.1 Å². The van der Waals surface area contributed by atoms with Crippen molar-refractivity contribution in [3.05, 3.63) is 77.4 Å². The average Bonchev–Trinajstić information content (AvgIpc) is 3.10. The van der Waals surface area contributed by atoms with Gasteiger partial charge >= 0.3 is 0 Å². The van der Waals surface area contributed by atoms with Gasteiger partial charge in [-0.25, -0.2) is 0 Å². The number of aryl methyl sites for hydroxylation is 1. The molecule has 0 unspecified atom stereocenters. The van der Waals surface area contributed by atoms with E-state index in [1.165, 1.54) is 0 Å². The summed E-state index contributed by atoms with van der Waals surface area (Å²) in [7, 11) is 1.57. The van der Waals surface area contributed by atoms with Crippen LogP contribution in [0.1, 0.15) is 41.3 Å². The van der Waals surface area contributed by atoms with Gasteiger partial charge in [-0.1, -0.05) is 54.1 Å². The van der Waals surface area contributed by atoms with Gasteiger partial charge in [0.1, 0.15) is 6.04 Å². The normalized spacial score (nSPS) is 13.3. The number of carbonyl (C=O) groups excluding carboxylic acids is 3. The van der Waals surface area contributed by atoms with Gasteiger partial charge in [0.05, 0.1) is 5.69 Å². The number of carbonyl (C=O) groups is 3. The van der Waals surface area contributed by atoms with Crippen molar-refractivity contribution < 1.29 is 14.4 Å². The largest absolute Gasteiger partial charge is 0.357 e.